The Hall–Kier alpha value is -3.44. The molecule has 30 heavy (non-hydrogen) atoms. The first-order valence-corrected chi connectivity index (χ1v) is 10.0. The van der Waals surface area contributed by atoms with Crippen LogP contribution in [0, 0.1) is 0 Å². The van der Waals surface area contributed by atoms with Crippen molar-refractivity contribution in [2.24, 2.45) is 0 Å². The monoisotopic (exact) mass is 398 g/mol. The molecule has 3 aromatic carbocycles. The molecule has 2 aliphatic rings. The second-order valence-electron chi connectivity index (χ2n) is 7.77. The van der Waals surface area contributed by atoms with Crippen molar-refractivity contribution in [3.8, 4) is 0 Å². The second kappa shape index (κ2) is 7.11. The van der Waals surface area contributed by atoms with E-state index in [0.29, 0.717) is 0 Å². The van der Waals surface area contributed by atoms with E-state index in [1.54, 1.807) is 0 Å². The Morgan fingerprint density at radius 1 is 0.867 bits per heavy atom. The number of carbonyl (C=O) groups is 2. The van der Waals surface area contributed by atoms with E-state index in [1.165, 1.54) is 7.11 Å². The number of hydrogen-bond donors (Lipinski definition) is 2. The molecule has 2 N–H and O–H groups in total. The summed E-state index contributed by atoms with van der Waals surface area (Å²) in [5, 5.41) is 6.55. The molecule has 0 unspecified atom stereocenters. The molecule has 5 nitrogen and oxygen atoms in total. The highest BCUT2D eigenvalue weighted by atomic mass is 16.5. The van der Waals surface area contributed by atoms with Crippen LogP contribution in [0.1, 0.15) is 28.7 Å². The first-order valence-electron chi connectivity index (χ1n) is 10.0. The Labute approximate surface area is 175 Å². The predicted octanol–water partition coefficient (Wildman–Crippen LogP) is 3.55. The summed E-state index contributed by atoms with van der Waals surface area (Å²) < 4.78 is 5.16. The normalized spacial score (nSPS) is 27.0. The summed E-state index contributed by atoms with van der Waals surface area (Å²) in [6, 6.07) is 26.3. The molecule has 5 heteroatoms. The van der Waals surface area contributed by atoms with Gasteiger partial charge in [0.2, 0.25) is 5.91 Å². The van der Waals surface area contributed by atoms with Crippen LogP contribution < -0.4 is 10.6 Å². The van der Waals surface area contributed by atoms with Crippen LogP contribution in [0.4, 0.5) is 5.69 Å². The molecule has 2 aliphatic heterocycles. The van der Waals surface area contributed by atoms with Crippen LogP contribution in [0.5, 0.6) is 0 Å². The van der Waals surface area contributed by atoms with E-state index >= 15 is 0 Å². The van der Waals surface area contributed by atoms with Crippen LogP contribution in [0.3, 0.4) is 0 Å². The first-order chi connectivity index (χ1) is 14.7. The van der Waals surface area contributed by atoms with Crippen molar-refractivity contribution in [1.82, 2.24) is 5.32 Å². The second-order valence-corrected chi connectivity index (χ2v) is 7.77. The molecule has 0 aliphatic carbocycles. The summed E-state index contributed by atoms with van der Waals surface area (Å²) in [5.41, 5.74) is 2.58. The van der Waals surface area contributed by atoms with Crippen molar-refractivity contribution in [2.75, 3.05) is 12.4 Å². The Morgan fingerprint density at radius 2 is 1.47 bits per heavy atom. The SMILES string of the molecule is COC(=O)[C@H]1N[C@@H](c2ccccc2)[C@@]2(C(=O)Nc3ccccc32)[C@@H]1c1ccccc1. The van der Waals surface area contributed by atoms with Crippen molar-refractivity contribution in [2.45, 2.75) is 23.4 Å². The zero-order valence-corrected chi connectivity index (χ0v) is 16.5. The van der Waals surface area contributed by atoms with E-state index in [4.69, 9.17) is 4.74 Å². The molecule has 1 fully saturated rings. The molecule has 3 aromatic rings. The molecular weight excluding hydrogens is 376 g/mol. The van der Waals surface area contributed by atoms with Crippen LogP contribution in [0.2, 0.25) is 0 Å². The maximum Gasteiger partial charge on any atom is 0.323 e. The van der Waals surface area contributed by atoms with E-state index in [0.717, 1.165) is 22.4 Å². The number of para-hydroxylation sites is 1. The first kappa shape index (κ1) is 18.6. The quantitative estimate of drug-likeness (QED) is 0.662. The van der Waals surface area contributed by atoms with Gasteiger partial charge < -0.3 is 10.1 Å². The number of fused-ring (bicyclic) bond motifs is 2. The van der Waals surface area contributed by atoms with Crippen molar-refractivity contribution < 1.29 is 14.3 Å². The van der Waals surface area contributed by atoms with Gasteiger partial charge in [-0.1, -0.05) is 78.9 Å². The third kappa shape index (κ3) is 2.52. The third-order valence-electron chi connectivity index (χ3n) is 6.37. The number of carbonyl (C=O) groups excluding carboxylic acids is 2. The summed E-state index contributed by atoms with van der Waals surface area (Å²) in [6.07, 6.45) is 0. The van der Waals surface area contributed by atoms with E-state index in [9.17, 15) is 9.59 Å². The molecule has 1 amide bonds. The summed E-state index contributed by atoms with van der Waals surface area (Å²) >= 11 is 0. The van der Waals surface area contributed by atoms with Crippen molar-refractivity contribution in [1.29, 1.82) is 0 Å². The van der Waals surface area contributed by atoms with E-state index in [1.807, 2.05) is 84.9 Å². The fraction of sp³-hybridized carbons (Fsp3) is 0.200. The Morgan fingerprint density at radius 3 is 2.13 bits per heavy atom. The minimum absolute atomic E-state index is 0.106. The fourth-order valence-electron chi connectivity index (χ4n) is 5.20. The summed E-state index contributed by atoms with van der Waals surface area (Å²) in [6.45, 7) is 0. The molecule has 0 saturated carbocycles. The molecule has 150 valence electrons. The van der Waals surface area contributed by atoms with Crippen LogP contribution in [-0.2, 0) is 19.7 Å². The molecule has 0 aromatic heterocycles. The number of methoxy groups -OCH3 is 1. The average Bonchev–Trinajstić information content (AvgIpc) is 3.31. The lowest BCUT2D eigenvalue weighted by Gasteiger charge is -2.35. The van der Waals surface area contributed by atoms with E-state index < -0.39 is 23.4 Å². The minimum atomic E-state index is -0.988. The lowest BCUT2D eigenvalue weighted by atomic mass is 9.63. The van der Waals surface area contributed by atoms with Gasteiger partial charge in [0.1, 0.15) is 11.5 Å². The molecule has 5 rings (SSSR count). The van der Waals surface area contributed by atoms with Gasteiger partial charge in [-0.05, 0) is 22.8 Å². The maximum atomic E-state index is 13.8. The van der Waals surface area contributed by atoms with Crippen LogP contribution in [0.25, 0.3) is 0 Å². The number of rotatable bonds is 3. The van der Waals surface area contributed by atoms with Gasteiger partial charge in [-0.25, -0.2) is 0 Å². The standard InChI is InChI=1S/C25H22N2O3/c1-30-23(28)21-20(16-10-4-2-5-11-16)25(22(27-21)17-12-6-3-7-13-17)18-14-8-9-15-19(18)26-24(25)29/h2-15,20-22,27H,1H3,(H,26,29)/t20-,21+,22+,25+/m1/s1. The van der Waals surface area contributed by atoms with Crippen molar-refractivity contribution in [3.63, 3.8) is 0 Å². The Bertz CT molecular complexity index is 1100. The van der Waals surface area contributed by atoms with Gasteiger partial charge in [-0.2, -0.15) is 0 Å². The number of anilines is 1. The lowest BCUT2D eigenvalue weighted by molar-refractivity contribution is -0.143. The fourth-order valence-corrected chi connectivity index (χ4v) is 5.20. The molecule has 0 bridgehead atoms. The highest BCUT2D eigenvalue weighted by Crippen LogP contribution is 2.59. The molecular formula is C25H22N2O3. The van der Waals surface area contributed by atoms with Gasteiger partial charge in [-0.15, -0.1) is 0 Å². The summed E-state index contributed by atoms with van der Waals surface area (Å²) in [5.74, 6) is -0.913. The van der Waals surface area contributed by atoms with Crippen LogP contribution in [-0.4, -0.2) is 25.0 Å². The average molecular weight is 398 g/mol. The topological polar surface area (TPSA) is 67.4 Å². The minimum Gasteiger partial charge on any atom is -0.468 e. The zero-order valence-electron chi connectivity index (χ0n) is 16.5. The van der Waals surface area contributed by atoms with Crippen molar-refractivity contribution in [3.05, 3.63) is 102 Å². The number of nitrogens with one attached hydrogen (secondary N) is 2. The third-order valence-corrected chi connectivity index (χ3v) is 6.37. The zero-order chi connectivity index (χ0) is 20.7. The number of esters is 1. The van der Waals surface area contributed by atoms with E-state index in [-0.39, 0.29) is 11.9 Å². The predicted molar refractivity (Wildman–Crippen MR) is 114 cm³/mol. The van der Waals surface area contributed by atoms with E-state index in [2.05, 4.69) is 10.6 Å². The number of ether oxygens (including phenoxy) is 1. The molecule has 0 radical (unpaired) electrons. The molecule has 4 atom stereocenters. The van der Waals surface area contributed by atoms with Crippen molar-refractivity contribution >= 4 is 17.6 Å². The molecule has 1 spiro atoms. The smallest absolute Gasteiger partial charge is 0.323 e. The highest BCUT2D eigenvalue weighted by molar-refractivity contribution is 6.09. The number of amides is 1. The Kier molecular flexibility index (Phi) is 4.40. The summed E-state index contributed by atoms with van der Waals surface area (Å²) in [7, 11) is 1.39. The number of hydrogen-bond acceptors (Lipinski definition) is 4. The summed E-state index contributed by atoms with van der Waals surface area (Å²) in [4.78, 5) is 26.7. The largest absolute Gasteiger partial charge is 0.468 e. The van der Waals surface area contributed by atoms with Gasteiger partial charge in [-0.3, -0.25) is 14.9 Å². The van der Waals surface area contributed by atoms with Crippen LogP contribution in [0.15, 0.2) is 84.9 Å². The van der Waals surface area contributed by atoms with Gasteiger partial charge in [0, 0.05) is 11.6 Å². The maximum absolute atomic E-state index is 13.8. The highest BCUT2D eigenvalue weighted by Gasteiger charge is 2.66. The van der Waals surface area contributed by atoms with Gasteiger partial charge in [0.15, 0.2) is 0 Å². The van der Waals surface area contributed by atoms with Gasteiger partial charge in [0.25, 0.3) is 0 Å². The lowest BCUT2D eigenvalue weighted by Crippen LogP contribution is -2.44. The van der Waals surface area contributed by atoms with Gasteiger partial charge in [0.05, 0.1) is 13.2 Å². The number of benzene rings is 3. The molecule has 1 saturated heterocycles. The molecule has 2 heterocycles. The van der Waals surface area contributed by atoms with Gasteiger partial charge >= 0.3 is 5.97 Å². The Balaban J connectivity index is 1.82. The van der Waals surface area contributed by atoms with Crippen LogP contribution >= 0.6 is 0 Å².